The smallest absolute Gasteiger partial charge is 0.0848 e. The van der Waals surface area contributed by atoms with E-state index in [1.54, 1.807) is 0 Å². The highest BCUT2D eigenvalue weighted by Gasteiger charge is 2.41. The molecule has 3 N–H and O–H groups in total. The van der Waals surface area contributed by atoms with Gasteiger partial charge in [0.05, 0.1) is 17.8 Å². The summed E-state index contributed by atoms with van der Waals surface area (Å²) in [6, 6.07) is 0.218. The van der Waals surface area contributed by atoms with E-state index in [4.69, 9.17) is 10.6 Å². The minimum absolute atomic E-state index is 0.0638. The maximum absolute atomic E-state index is 6.07. The molecule has 1 aliphatic rings. The van der Waals surface area contributed by atoms with Crippen LogP contribution in [0.4, 0.5) is 0 Å². The fourth-order valence-corrected chi connectivity index (χ4v) is 3.26. The van der Waals surface area contributed by atoms with Crippen LogP contribution in [-0.2, 0) is 18.2 Å². The number of rotatable bonds is 7. The van der Waals surface area contributed by atoms with E-state index in [9.17, 15) is 0 Å². The van der Waals surface area contributed by atoms with Gasteiger partial charge in [0.25, 0.3) is 0 Å². The van der Waals surface area contributed by atoms with Gasteiger partial charge in [0.15, 0.2) is 0 Å². The normalized spacial score (nSPS) is 19.7. The summed E-state index contributed by atoms with van der Waals surface area (Å²) >= 11 is 0. The summed E-state index contributed by atoms with van der Waals surface area (Å²) in [5.74, 6) is 5.79. The van der Waals surface area contributed by atoms with Crippen molar-refractivity contribution < 1.29 is 4.74 Å². The number of aryl methyl sites for hydroxylation is 2. The maximum atomic E-state index is 6.07. The number of hydrogen-bond acceptors (Lipinski definition) is 4. The predicted molar refractivity (Wildman–Crippen MR) is 75.5 cm³/mol. The van der Waals surface area contributed by atoms with E-state index in [-0.39, 0.29) is 11.6 Å². The second-order valence-electron chi connectivity index (χ2n) is 5.49. The molecule has 1 aromatic heterocycles. The van der Waals surface area contributed by atoms with Crippen molar-refractivity contribution in [1.82, 2.24) is 15.2 Å². The number of ether oxygens (including phenoxy) is 1. The molecule has 0 amide bonds. The number of nitrogens with one attached hydrogen (secondary N) is 1. The molecule has 1 aromatic rings. The quantitative estimate of drug-likeness (QED) is 0.580. The molecule has 0 saturated heterocycles. The number of nitrogens with zero attached hydrogens (tertiary/aromatic N) is 2. The zero-order valence-electron chi connectivity index (χ0n) is 12.1. The van der Waals surface area contributed by atoms with E-state index in [0.717, 1.165) is 32.3 Å². The van der Waals surface area contributed by atoms with Gasteiger partial charge in [-0.05, 0) is 38.2 Å². The van der Waals surface area contributed by atoms with Gasteiger partial charge in [0, 0.05) is 19.9 Å². The highest BCUT2D eigenvalue weighted by molar-refractivity contribution is 5.06. The minimum atomic E-state index is -0.0638. The first-order valence-corrected chi connectivity index (χ1v) is 7.28. The monoisotopic (exact) mass is 266 g/mol. The lowest BCUT2D eigenvalue weighted by atomic mass is 9.88. The van der Waals surface area contributed by atoms with Gasteiger partial charge in [-0.2, -0.15) is 5.10 Å². The van der Waals surface area contributed by atoms with Crippen LogP contribution in [0.3, 0.4) is 0 Å². The Labute approximate surface area is 115 Å². The summed E-state index contributed by atoms with van der Waals surface area (Å²) in [5, 5.41) is 4.21. The summed E-state index contributed by atoms with van der Waals surface area (Å²) in [5.41, 5.74) is 4.19. The van der Waals surface area contributed by atoms with Gasteiger partial charge in [0.1, 0.15) is 0 Å². The number of aromatic nitrogens is 2. The van der Waals surface area contributed by atoms with Crippen molar-refractivity contribution >= 4 is 0 Å². The van der Waals surface area contributed by atoms with Crippen LogP contribution in [0.1, 0.15) is 44.6 Å². The van der Waals surface area contributed by atoms with E-state index in [2.05, 4.69) is 23.6 Å². The molecular formula is C14H26N4O. The maximum Gasteiger partial charge on any atom is 0.0848 e. The lowest BCUT2D eigenvalue weighted by Crippen LogP contribution is -2.53. The van der Waals surface area contributed by atoms with Gasteiger partial charge in [-0.15, -0.1) is 0 Å². The molecule has 0 aromatic carbocycles. The molecule has 5 nitrogen and oxygen atoms in total. The molecule has 1 saturated carbocycles. The SMILES string of the molecule is CCOC1(C(CCc2cnn(C)c2)NN)CCCC1. The minimum Gasteiger partial charge on any atom is -0.374 e. The molecule has 2 rings (SSSR count). The van der Waals surface area contributed by atoms with Gasteiger partial charge in [-0.25, -0.2) is 0 Å². The lowest BCUT2D eigenvalue weighted by molar-refractivity contribution is -0.0632. The molecule has 0 bridgehead atoms. The third-order valence-corrected chi connectivity index (χ3v) is 4.20. The van der Waals surface area contributed by atoms with Gasteiger partial charge >= 0.3 is 0 Å². The van der Waals surface area contributed by atoms with Crippen LogP contribution in [0.2, 0.25) is 0 Å². The van der Waals surface area contributed by atoms with E-state index in [0.29, 0.717) is 0 Å². The number of hydrogen-bond donors (Lipinski definition) is 2. The van der Waals surface area contributed by atoms with Crippen LogP contribution in [0.25, 0.3) is 0 Å². The average molecular weight is 266 g/mol. The molecule has 1 unspecified atom stereocenters. The van der Waals surface area contributed by atoms with Crippen molar-refractivity contribution in [2.24, 2.45) is 12.9 Å². The van der Waals surface area contributed by atoms with Gasteiger partial charge in [-0.3, -0.25) is 16.0 Å². The third kappa shape index (κ3) is 3.35. The first-order chi connectivity index (χ1) is 9.20. The third-order valence-electron chi connectivity index (χ3n) is 4.20. The van der Waals surface area contributed by atoms with Crippen molar-refractivity contribution in [2.75, 3.05) is 6.61 Å². The van der Waals surface area contributed by atoms with Crippen molar-refractivity contribution in [3.8, 4) is 0 Å². The predicted octanol–water partition coefficient (Wildman–Crippen LogP) is 1.53. The average Bonchev–Trinajstić information content (AvgIpc) is 3.01. The van der Waals surface area contributed by atoms with Crippen molar-refractivity contribution in [2.45, 2.75) is 57.1 Å². The van der Waals surface area contributed by atoms with E-state index in [1.807, 2.05) is 17.9 Å². The van der Waals surface area contributed by atoms with Crippen molar-refractivity contribution in [3.63, 3.8) is 0 Å². The van der Waals surface area contributed by atoms with Crippen LogP contribution >= 0.6 is 0 Å². The van der Waals surface area contributed by atoms with Gasteiger partial charge in [-0.1, -0.05) is 12.8 Å². The fourth-order valence-electron chi connectivity index (χ4n) is 3.26. The Kier molecular flexibility index (Phi) is 4.96. The Balaban J connectivity index is 1.97. The molecule has 0 radical (unpaired) electrons. The largest absolute Gasteiger partial charge is 0.374 e. The van der Waals surface area contributed by atoms with Crippen LogP contribution in [0.15, 0.2) is 12.4 Å². The van der Waals surface area contributed by atoms with Crippen LogP contribution in [0.5, 0.6) is 0 Å². The lowest BCUT2D eigenvalue weighted by Gasteiger charge is -2.37. The standard InChI is InChI=1S/C14H26N4O/c1-3-19-14(8-4-5-9-14)13(17-15)7-6-12-10-16-18(2)11-12/h10-11,13,17H,3-9,15H2,1-2H3. The zero-order chi connectivity index (χ0) is 13.7. The first-order valence-electron chi connectivity index (χ1n) is 7.28. The van der Waals surface area contributed by atoms with Crippen molar-refractivity contribution in [1.29, 1.82) is 0 Å². The highest BCUT2D eigenvalue weighted by atomic mass is 16.5. The topological polar surface area (TPSA) is 65.1 Å². The fraction of sp³-hybridized carbons (Fsp3) is 0.786. The molecule has 1 heterocycles. The second kappa shape index (κ2) is 6.50. The highest BCUT2D eigenvalue weighted by Crippen LogP contribution is 2.37. The Bertz CT molecular complexity index is 385. The summed E-state index contributed by atoms with van der Waals surface area (Å²) in [6.45, 7) is 2.82. The Hall–Kier alpha value is -0.910. The molecule has 1 aliphatic carbocycles. The summed E-state index contributed by atoms with van der Waals surface area (Å²) in [6.07, 6.45) is 10.7. The first kappa shape index (κ1) is 14.5. The summed E-state index contributed by atoms with van der Waals surface area (Å²) in [4.78, 5) is 0. The second-order valence-corrected chi connectivity index (χ2v) is 5.49. The van der Waals surface area contributed by atoms with Gasteiger partial charge < -0.3 is 4.74 Å². The molecular weight excluding hydrogens is 240 g/mol. The van der Waals surface area contributed by atoms with Crippen LogP contribution < -0.4 is 11.3 Å². The molecule has 1 atom stereocenters. The molecule has 1 fully saturated rings. The number of nitrogens with two attached hydrogens (primary N) is 1. The summed E-state index contributed by atoms with van der Waals surface area (Å²) in [7, 11) is 1.95. The van der Waals surface area contributed by atoms with Crippen LogP contribution in [-0.4, -0.2) is 28.0 Å². The Morgan fingerprint density at radius 2 is 2.26 bits per heavy atom. The van der Waals surface area contributed by atoms with E-state index < -0.39 is 0 Å². The number of hydrazine groups is 1. The van der Waals surface area contributed by atoms with E-state index in [1.165, 1.54) is 18.4 Å². The molecule has 5 heteroatoms. The molecule has 19 heavy (non-hydrogen) atoms. The van der Waals surface area contributed by atoms with Crippen molar-refractivity contribution in [3.05, 3.63) is 18.0 Å². The molecule has 108 valence electrons. The van der Waals surface area contributed by atoms with E-state index >= 15 is 0 Å². The Morgan fingerprint density at radius 3 is 2.79 bits per heavy atom. The van der Waals surface area contributed by atoms with Gasteiger partial charge in [0.2, 0.25) is 0 Å². The molecule has 0 spiro atoms. The van der Waals surface area contributed by atoms with Crippen LogP contribution in [0, 0.1) is 0 Å². The Morgan fingerprint density at radius 1 is 1.53 bits per heavy atom. The summed E-state index contributed by atoms with van der Waals surface area (Å²) < 4.78 is 7.92. The zero-order valence-corrected chi connectivity index (χ0v) is 12.1. The molecule has 0 aliphatic heterocycles.